The van der Waals surface area contributed by atoms with Gasteiger partial charge in [0.2, 0.25) is 0 Å². The molecular formula is C10H12N4O2. The minimum Gasteiger partial charge on any atom is -0.480 e. The molecule has 1 rings (SSSR count). The number of hydrogen-bond donors (Lipinski definition) is 2. The van der Waals surface area contributed by atoms with E-state index >= 15 is 0 Å². The van der Waals surface area contributed by atoms with Crippen molar-refractivity contribution in [1.29, 1.82) is 0 Å². The van der Waals surface area contributed by atoms with Crippen LogP contribution in [-0.2, 0) is 11.2 Å². The van der Waals surface area contributed by atoms with E-state index in [1.165, 1.54) is 0 Å². The van der Waals surface area contributed by atoms with Crippen LogP contribution in [0.5, 0.6) is 0 Å². The average Bonchev–Trinajstić information content (AvgIpc) is 2.29. The van der Waals surface area contributed by atoms with Crippen molar-refractivity contribution in [3.05, 3.63) is 46.3 Å². The zero-order valence-electron chi connectivity index (χ0n) is 8.58. The van der Waals surface area contributed by atoms with Crippen molar-refractivity contribution in [1.82, 2.24) is 5.32 Å². The second kappa shape index (κ2) is 6.44. The number of rotatable bonds is 6. The molecule has 1 aromatic rings. The maximum atomic E-state index is 10.9. The van der Waals surface area contributed by atoms with Crippen LogP contribution in [0.3, 0.4) is 0 Å². The summed E-state index contributed by atoms with van der Waals surface area (Å²) >= 11 is 0. The maximum Gasteiger partial charge on any atom is 0.321 e. The molecular weight excluding hydrogens is 208 g/mol. The molecule has 0 aliphatic rings. The van der Waals surface area contributed by atoms with Crippen LogP contribution in [0.25, 0.3) is 10.4 Å². The summed E-state index contributed by atoms with van der Waals surface area (Å²) < 4.78 is 0. The summed E-state index contributed by atoms with van der Waals surface area (Å²) in [6.07, 6.45) is 0.358. The number of carboxylic acids is 1. The summed E-state index contributed by atoms with van der Waals surface area (Å²) in [4.78, 5) is 13.4. The molecule has 0 heterocycles. The lowest BCUT2D eigenvalue weighted by Gasteiger charge is -2.12. The van der Waals surface area contributed by atoms with E-state index in [1.807, 2.05) is 30.3 Å². The Kier molecular flexibility index (Phi) is 4.85. The molecule has 0 saturated heterocycles. The third kappa shape index (κ3) is 4.00. The van der Waals surface area contributed by atoms with Crippen LogP contribution < -0.4 is 5.32 Å². The average molecular weight is 220 g/mol. The van der Waals surface area contributed by atoms with Crippen LogP contribution in [0.2, 0.25) is 0 Å². The minimum atomic E-state index is -0.961. The van der Waals surface area contributed by atoms with Crippen LogP contribution in [-0.4, -0.2) is 23.8 Å². The third-order valence-electron chi connectivity index (χ3n) is 2.05. The summed E-state index contributed by atoms with van der Waals surface area (Å²) in [7, 11) is 0. The predicted molar refractivity (Wildman–Crippen MR) is 58.7 cm³/mol. The highest BCUT2D eigenvalue weighted by Gasteiger charge is 2.16. The standard InChI is InChI=1S/C10H12N4O2/c11-14-13-7-12-9(10(15)16)6-8-4-2-1-3-5-8/h1-5,9,12H,6-7H2,(H,15,16). The fourth-order valence-corrected chi connectivity index (χ4v) is 1.28. The Bertz CT molecular complexity index is 387. The number of benzene rings is 1. The Balaban J connectivity index is 2.58. The van der Waals surface area contributed by atoms with Crippen molar-refractivity contribution in [3.8, 4) is 0 Å². The highest BCUT2D eigenvalue weighted by atomic mass is 16.4. The van der Waals surface area contributed by atoms with Crippen LogP contribution in [0.1, 0.15) is 5.56 Å². The zero-order valence-corrected chi connectivity index (χ0v) is 8.58. The van der Waals surface area contributed by atoms with E-state index in [9.17, 15) is 4.79 Å². The molecule has 1 aromatic carbocycles. The molecule has 1 unspecified atom stereocenters. The van der Waals surface area contributed by atoms with Gasteiger partial charge in [-0.25, -0.2) is 0 Å². The number of hydrogen-bond acceptors (Lipinski definition) is 3. The van der Waals surface area contributed by atoms with Gasteiger partial charge in [0.25, 0.3) is 0 Å². The normalized spacial score (nSPS) is 11.5. The van der Waals surface area contributed by atoms with E-state index in [2.05, 4.69) is 15.3 Å². The number of carbonyl (C=O) groups is 1. The van der Waals surface area contributed by atoms with E-state index in [0.29, 0.717) is 6.42 Å². The summed E-state index contributed by atoms with van der Waals surface area (Å²) in [5.41, 5.74) is 9.00. The second-order valence-electron chi connectivity index (χ2n) is 3.17. The molecule has 0 aromatic heterocycles. The number of carboxylic acid groups (broad SMARTS) is 1. The Hall–Kier alpha value is -2.04. The minimum absolute atomic E-state index is 0.0275. The lowest BCUT2D eigenvalue weighted by atomic mass is 10.1. The van der Waals surface area contributed by atoms with Gasteiger partial charge in [0.05, 0.1) is 6.67 Å². The highest BCUT2D eigenvalue weighted by Crippen LogP contribution is 2.03. The van der Waals surface area contributed by atoms with Gasteiger partial charge in [-0.05, 0) is 17.5 Å². The maximum absolute atomic E-state index is 10.9. The molecule has 84 valence electrons. The first kappa shape index (κ1) is 12.0. The van der Waals surface area contributed by atoms with Gasteiger partial charge in [-0.2, -0.15) is 0 Å². The first-order valence-corrected chi connectivity index (χ1v) is 4.75. The topological polar surface area (TPSA) is 98.1 Å². The molecule has 0 aliphatic carbocycles. The van der Waals surface area contributed by atoms with E-state index < -0.39 is 12.0 Å². The molecule has 0 radical (unpaired) electrons. The fraction of sp³-hybridized carbons (Fsp3) is 0.300. The molecule has 2 N–H and O–H groups in total. The van der Waals surface area contributed by atoms with Crippen molar-refractivity contribution in [2.45, 2.75) is 12.5 Å². The van der Waals surface area contributed by atoms with Gasteiger partial charge in [-0.3, -0.25) is 10.1 Å². The highest BCUT2D eigenvalue weighted by molar-refractivity contribution is 5.73. The number of azide groups is 1. The monoisotopic (exact) mass is 220 g/mol. The van der Waals surface area contributed by atoms with E-state index in [-0.39, 0.29) is 6.67 Å². The van der Waals surface area contributed by atoms with E-state index in [4.69, 9.17) is 10.6 Å². The Labute approximate surface area is 92.5 Å². The van der Waals surface area contributed by atoms with Crippen molar-refractivity contribution in [2.24, 2.45) is 5.11 Å². The first-order valence-electron chi connectivity index (χ1n) is 4.75. The molecule has 0 saturated carbocycles. The Morgan fingerprint density at radius 1 is 1.50 bits per heavy atom. The Morgan fingerprint density at radius 3 is 2.75 bits per heavy atom. The molecule has 0 bridgehead atoms. The summed E-state index contributed by atoms with van der Waals surface area (Å²) in [5, 5.41) is 14.8. The summed E-state index contributed by atoms with van der Waals surface area (Å²) in [5.74, 6) is -0.961. The molecule has 16 heavy (non-hydrogen) atoms. The molecule has 0 amide bonds. The van der Waals surface area contributed by atoms with Crippen molar-refractivity contribution >= 4 is 5.97 Å². The Morgan fingerprint density at radius 2 is 2.19 bits per heavy atom. The van der Waals surface area contributed by atoms with Crippen molar-refractivity contribution < 1.29 is 9.90 Å². The third-order valence-corrected chi connectivity index (χ3v) is 2.05. The molecule has 1 atom stereocenters. The lowest BCUT2D eigenvalue weighted by molar-refractivity contribution is -0.139. The van der Waals surface area contributed by atoms with Gasteiger partial charge in [0.15, 0.2) is 0 Å². The first-order chi connectivity index (χ1) is 7.74. The molecule has 0 fully saturated rings. The SMILES string of the molecule is [N-]=[N+]=NCNC(Cc1ccccc1)C(=O)O. The quantitative estimate of drug-likeness (QED) is 0.432. The summed E-state index contributed by atoms with van der Waals surface area (Å²) in [6.45, 7) is -0.0275. The second-order valence-corrected chi connectivity index (χ2v) is 3.17. The number of aliphatic carboxylic acids is 1. The van der Waals surface area contributed by atoms with E-state index in [1.54, 1.807) is 0 Å². The van der Waals surface area contributed by atoms with Crippen LogP contribution in [0.15, 0.2) is 35.4 Å². The van der Waals surface area contributed by atoms with Crippen LogP contribution in [0.4, 0.5) is 0 Å². The van der Waals surface area contributed by atoms with Gasteiger partial charge < -0.3 is 5.11 Å². The van der Waals surface area contributed by atoms with E-state index in [0.717, 1.165) is 5.56 Å². The zero-order chi connectivity index (χ0) is 11.8. The van der Waals surface area contributed by atoms with Gasteiger partial charge in [-0.1, -0.05) is 35.4 Å². The fourth-order valence-electron chi connectivity index (χ4n) is 1.28. The summed E-state index contributed by atoms with van der Waals surface area (Å²) in [6, 6.07) is 8.53. The van der Waals surface area contributed by atoms with Gasteiger partial charge >= 0.3 is 5.97 Å². The number of nitrogens with zero attached hydrogens (tertiary/aromatic N) is 3. The number of nitrogens with one attached hydrogen (secondary N) is 1. The van der Waals surface area contributed by atoms with Gasteiger partial charge in [-0.15, -0.1) is 0 Å². The predicted octanol–water partition coefficient (Wildman–Crippen LogP) is 1.54. The molecule has 6 nitrogen and oxygen atoms in total. The smallest absolute Gasteiger partial charge is 0.321 e. The molecule has 0 spiro atoms. The largest absolute Gasteiger partial charge is 0.480 e. The lowest BCUT2D eigenvalue weighted by Crippen LogP contribution is -2.38. The van der Waals surface area contributed by atoms with Gasteiger partial charge in [0, 0.05) is 4.91 Å². The van der Waals surface area contributed by atoms with Crippen LogP contribution in [0, 0.1) is 0 Å². The van der Waals surface area contributed by atoms with Crippen LogP contribution >= 0.6 is 0 Å². The molecule has 6 heteroatoms. The van der Waals surface area contributed by atoms with Crippen molar-refractivity contribution in [2.75, 3.05) is 6.67 Å². The molecule has 0 aliphatic heterocycles. The van der Waals surface area contributed by atoms with Gasteiger partial charge in [0.1, 0.15) is 6.04 Å². The van der Waals surface area contributed by atoms with Crippen molar-refractivity contribution in [3.63, 3.8) is 0 Å².